The van der Waals surface area contributed by atoms with Crippen LogP contribution in [-0.4, -0.2) is 42.3 Å². The van der Waals surface area contributed by atoms with E-state index >= 15 is 0 Å². The van der Waals surface area contributed by atoms with Gasteiger partial charge in [-0.1, -0.05) is 27.2 Å². The van der Waals surface area contributed by atoms with Crippen molar-refractivity contribution >= 4 is 0 Å². The van der Waals surface area contributed by atoms with E-state index in [2.05, 4.69) is 32.7 Å². The van der Waals surface area contributed by atoms with Gasteiger partial charge in [-0.15, -0.1) is 0 Å². The normalized spacial score (nSPS) is 37.6. The van der Waals surface area contributed by atoms with Gasteiger partial charge >= 0.3 is 0 Å². The molecule has 3 heteroatoms. The molecule has 21 heavy (non-hydrogen) atoms. The van der Waals surface area contributed by atoms with Crippen molar-refractivity contribution in [2.45, 2.75) is 71.4 Å². The van der Waals surface area contributed by atoms with Crippen molar-refractivity contribution in [3.8, 4) is 0 Å². The Bertz CT molecular complexity index is 325. The predicted molar refractivity (Wildman–Crippen MR) is 89.1 cm³/mol. The summed E-state index contributed by atoms with van der Waals surface area (Å²) in [6, 6.07) is 0.636. The molecule has 0 aliphatic heterocycles. The Balaban J connectivity index is 1.95. The van der Waals surface area contributed by atoms with E-state index in [1.165, 1.54) is 25.7 Å². The van der Waals surface area contributed by atoms with Crippen molar-refractivity contribution in [3.63, 3.8) is 0 Å². The quantitative estimate of drug-likeness (QED) is 0.792. The van der Waals surface area contributed by atoms with Crippen LogP contribution in [0.15, 0.2) is 0 Å². The molecule has 2 saturated carbocycles. The summed E-state index contributed by atoms with van der Waals surface area (Å²) in [7, 11) is 2.28. The molecule has 2 rings (SSSR count). The predicted octanol–water partition coefficient (Wildman–Crippen LogP) is 2.87. The van der Waals surface area contributed by atoms with Crippen LogP contribution < -0.4 is 5.73 Å². The third-order valence-corrected chi connectivity index (χ3v) is 6.60. The zero-order valence-electron chi connectivity index (χ0n) is 14.5. The number of nitrogens with zero attached hydrogens (tertiary/aromatic N) is 1. The summed E-state index contributed by atoms with van der Waals surface area (Å²) in [5, 5.41) is 9.48. The first-order valence-corrected chi connectivity index (χ1v) is 8.95. The monoisotopic (exact) mass is 296 g/mol. The number of nitrogens with two attached hydrogens (primary N) is 1. The van der Waals surface area contributed by atoms with Gasteiger partial charge < -0.3 is 15.7 Å². The standard InChI is InChI=1S/C18H36N2O/c1-5-18(2,3)15-7-6-14(11-19)17(10-15)20(4)12-13-8-16(21)9-13/h13-17,21H,5-12,19H2,1-4H3. The maximum atomic E-state index is 9.48. The van der Waals surface area contributed by atoms with Gasteiger partial charge in [-0.3, -0.25) is 0 Å². The van der Waals surface area contributed by atoms with E-state index in [-0.39, 0.29) is 6.10 Å². The maximum absolute atomic E-state index is 9.48. The fourth-order valence-electron chi connectivity index (χ4n) is 4.41. The Morgan fingerprint density at radius 2 is 1.86 bits per heavy atom. The number of rotatable bonds is 6. The average Bonchev–Trinajstić information content (AvgIpc) is 2.44. The highest BCUT2D eigenvalue weighted by atomic mass is 16.3. The van der Waals surface area contributed by atoms with E-state index in [0.29, 0.717) is 23.3 Å². The molecular formula is C18H36N2O. The second-order valence-corrected chi connectivity index (χ2v) is 8.35. The molecule has 3 unspecified atom stereocenters. The topological polar surface area (TPSA) is 49.5 Å². The second kappa shape index (κ2) is 6.97. The van der Waals surface area contributed by atoms with E-state index in [9.17, 15) is 5.11 Å². The largest absolute Gasteiger partial charge is 0.393 e. The van der Waals surface area contributed by atoms with Crippen molar-refractivity contribution in [1.82, 2.24) is 4.90 Å². The third-order valence-electron chi connectivity index (χ3n) is 6.60. The molecule has 0 saturated heterocycles. The lowest BCUT2D eigenvalue weighted by Crippen LogP contribution is -2.50. The smallest absolute Gasteiger partial charge is 0.0546 e. The highest BCUT2D eigenvalue weighted by Gasteiger charge is 2.39. The minimum Gasteiger partial charge on any atom is -0.393 e. The van der Waals surface area contributed by atoms with Gasteiger partial charge in [0.05, 0.1) is 6.10 Å². The molecule has 2 aliphatic rings. The van der Waals surface area contributed by atoms with Gasteiger partial charge in [-0.25, -0.2) is 0 Å². The SMILES string of the molecule is CCC(C)(C)C1CCC(CN)C(N(C)CC2CC(O)C2)C1. The van der Waals surface area contributed by atoms with E-state index in [0.717, 1.165) is 31.8 Å². The van der Waals surface area contributed by atoms with Crippen molar-refractivity contribution < 1.29 is 5.11 Å². The molecule has 3 nitrogen and oxygen atoms in total. The van der Waals surface area contributed by atoms with Crippen LogP contribution in [0.4, 0.5) is 0 Å². The first-order chi connectivity index (χ1) is 9.87. The van der Waals surface area contributed by atoms with Crippen molar-refractivity contribution in [2.75, 3.05) is 20.1 Å². The van der Waals surface area contributed by atoms with Gasteiger partial charge in [0, 0.05) is 12.6 Å². The van der Waals surface area contributed by atoms with Crippen LogP contribution in [0.1, 0.15) is 59.3 Å². The Labute approximate surface area is 131 Å². The number of aliphatic hydroxyl groups excluding tert-OH is 1. The van der Waals surface area contributed by atoms with Gasteiger partial charge in [0.15, 0.2) is 0 Å². The Kier molecular flexibility index (Phi) is 5.72. The molecule has 0 amide bonds. The molecule has 0 aromatic carbocycles. The Morgan fingerprint density at radius 1 is 1.19 bits per heavy atom. The van der Waals surface area contributed by atoms with E-state index in [1.54, 1.807) is 0 Å². The highest BCUT2D eigenvalue weighted by Crippen LogP contribution is 2.43. The number of hydrogen-bond donors (Lipinski definition) is 2. The fraction of sp³-hybridized carbons (Fsp3) is 1.00. The van der Waals surface area contributed by atoms with Crippen LogP contribution in [0.2, 0.25) is 0 Å². The highest BCUT2D eigenvalue weighted by molar-refractivity contribution is 4.92. The summed E-state index contributed by atoms with van der Waals surface area (Å²) in [6.45, 7) is 9.14. The van der Waals surface area contributed by atoms with Gasteiger partial charge in [-0.2, -0.15) is 0 Å². The molecule has 2 aliphatic carbocycles. The molecule has 0 heterocycles. The summed E-state index contributed by atoms with van der Waals surface area (Å²) >= 11 is 0. The minimum absolute atomic E-state index is 0.0353. The zero-order chi connectivity index (χ0) is 15.6. The minimum atomic E-state index is -0.0353. The molecule has 0 aromatic heterocycles. The van der Waals surface area contributed by atoms with Crippen molar-refractivity contribution in [2.24, 2.45) is 28.9 Å². The van der Waals surface area contributed by atoms with Crippen LogP contribution in [0.5, 0.6) is 0 Å². The van der Waals surface area contributed by atoms with Crippen LogP contribution in [-0.2, 0) is 0 Å². The fourth-order valence-corrected chi connectivity index (χ4v) is 4.41. The summed E-state index contributed by atoms with van der Waals surface area (Å²) in [5.41, 5.74) is 6.50. The zero-order valence-corrected chi connectivity index (χ0v) is 14.5. The first kappa shape index (κ1) is 17.2. The molecule has 0 bridgehead atoms. The van der Waals surface area contributed by atoms with Crippen LogP contribution in [0.25, 0.3) is 0 Å². The third kappa shape index (κ3) is 4.00. The van der Waals surface area contributed by atoms with Gasteiger partial charge in [-0.05, 0) is 68.9 Å². The van der Waals surface area contributed by atoms with Crippen LogP contribution in [0.3, 0.4) is 0 Å². The Morgan fingerprint density at radius 3 is 2.38 bits per heavy atom. The lowest BCUT2D eigenvalue weighted by Gasteiger charge is -2.47. The molecule has 0 aromatic rings. The molecule has 2 fully saturated rings. The average molecular weight is 296 g/mol. The molecule has 3 N–H and O–H groups in total. The molecular weight excluding hydrogens is 260 g/mol. The molecule has 3 atom stereocenters. The van der Waals surface area contributed by atoms with Crippen molar-refractivity contribution in [3.05, 3.63) is 0 Å². The summed E-state index contributed by atoms with van der Waals surface area (Å²) in [4.78, 5) is 2.56. The Hall–Kier alpha value is -0.120. The number of aliphatic hydroxyl groups is 1. The van der Waals surface area contributed by atoms with E-state index < -0.39 is 0 Å². The van der Waals surface area contributed by atoms with Crippen LogP contribution >= 0.6 is 0 Å². The van der Waals surface area contributed by atoms with Crippen LogP contribution in [0, 0.1) is 23.2 Å². The maximum Gasteiger partial charge on any atom is 0.0546 e. The first-order valence-electron chi connectivity index (χ1n) is 8.95. The molecule has 124 valence electrons. The lowest BCUT2D eigenvalue weighted by atomic mass is 9.65. The molecule has 0 spiro atoms. The van der Waals surface area contributed by atoms with Gasteiger partial charge in [0.1, 0.15) is 0 Å². The van der Waals surface area contributed by atoms with Crippen molar-refractivity contribution in [1.29, 1.82) is 0 Å². The van der Waals surface area contributed by atoms with Gasteiger partial charge in [0.2, 0.25) is 0 Å². The molecule has 0 radical (unpaired) electrons. The summed E-state index contributed by atoms with van der Waals surface area (Å²) in [6.07, 6.45) is 7.14. The summed E-state index contributed by atoms with van der Waals surface area (Å²) in [5.74, 6) is 2.18. The number of hydrogen-bond acceptors (Lipinski definition) is 3. The second-order valence-electron chi connectivity index (χ2n) is 8.35. The summed E-state index contributed by atoms with van der Waals surface area (Å²) < 4.78 is 0. The van der Waals surface area contributed by atoms with E-state index in [4.69, 9.17) is 5.73 Å². The van der Waals surface area contributed by atoms with Gasteiger partial charge in [0.25, 0.3) is 0 Å². The lowest BCUT2D eigenvalue weighted by molar-refractivity contribution is -0.00119. The van der Waals surface area contributed by atoms with E-state index in [1.807, 2.05) is 0 Å².